The maximum Gasteiger partial charge on any atom is 0.126 e. The van der Waals surface area contributed by atoms with Gasteiger partial charge in [0.2, 0.25) is 0 Å². The highest BCUT2D eigenvalue weighted by atomic mass is 79.9. The van der Waals surface area contributed by atoms with Gasteiger partial charge in [-0.2, -0.15) is 0 Å². The lowest BCUT2D eigenvalue weighted by Gasteiger charge is -2.13. The Balaban J connectivity index is 2.11. The highest BCUT2D eigenvalue weighted by Crippen LogP contribution is 2.25. The molecule has 2 rings (SSSR count). The van der Waals surface area contributed by atoms with Gasteiger partial charge in [0.1, 0.15) is 5.82 Å². The van der Waals surface area contributed by atoms with Crippen LogP contribution >= 0.6 is 27.3 Å². The minimum absolute atomic E-state index is 0.164. The molecule has 0 radical (unpaired) electrons. The summed E-state index contributed by atoms with van der Waals surface area (Å²) in [5, 5.41) is 6.70. The van der Waals surface area contributed by atoms with Crippen molar-refractivity contribution in [2.75, 3.05) is 5.32 Å². The first-order valence-electron chi connectivity index (χ1n) is 6.31. The van der Waals surface area contributed by atoms with Crippen molar-refractivity contribution in [2.45, 2.75) is 39.7 Å². The second-order valence-corrected chi connectivity index (χ2v) is 6.69. The highest BCUT2D eigenvalue weighted by molar-refractivity contribution is 9.10. The molecule has 0 fully saturated rings. The third-order valence-corrected chi connectivity index (χ3v) is 4.88. The predicted molar refractivity (Wildman–Crippen MR) is 84.9 cm³/mol. The van der Waals surface area contributed by atoms with Gasteiger partial charge in [0, 0.05) is 22.0 Å². The SMILES string of the molecule is Cc1cc(NC(C)c2csc(C(C)C)n2)ncc1Br. The topological polar surface area (TPSA) is 37.8 Å². The lowest BCUT2D eigenvalue weighted by atomic mass is 10.2. The van der Waals surface area contributed by atoms with Crippen molar-refractivity contribution in [2.24, 2.45) is 0 Å². The van der Waals surface area contributed by atoms with Gasteiger partial charge in [-0.05, 0) is 41.4 Å². The molecule has 2 heterocycles. The van der Waals surface area contributed by atoms with E-state index in [-0.39, 0.29) is 6.04 Å². The van der Waals surface area contributed by atoms with Crippen LogP contribution < -0.4 is 5.32 Å². The Kier molecular flexibility index (Phi) is 4.58. The normalized spacial score (nSPS) is 12.7. The van der Waals surface area contributed by atoms with E-state index >= 15 is 0 Å². The lowest BCUT2D eigenvalue weighted by molar-refractivity contribution is 0.798. The summed E-state index contributed by atoms with van der Waals surface area (Å²) in [6.45, 7) is 8.50. The number of hydrogen-bond acceptors (Lipinski definition) is 4. The Morgan fingerprint density at radius 3 is 2.63 bits per heavy atom. The third-order valence-electron chi connectivity index (χ3n) is 2.89. The van der Waals surface area contributed by atoms with Gasteiger partial charge >= 0.3 is 0 Å². The largest absolute Gasteiger partial charge is 0.362 e. The number of halogens is 1. The van der Waals surface area contributed by atoms with Gasteiger partial charge in [-0.25, -0.2) is 9.97 Å². The lowest BCUT2D eigenvalue weighted by Crippen LogP contribution is -2.08. The summed E-state index contributed by atoms with van der Waals surface area (Å²) in [6, 6.07) is 2.20. The van der Waals surface area contributed by atoms with Crippen LogP contribution in [0.3, 0.4) is 0 Å². The van der Waals surface area contributed by atoms with E-state index in [0.29, 0.717) is 5.92 Å². The fourth-order valence-electron chi connectivity index (χ4n) is 1.68. The van der Waals surface area contributed by atoms with E-state index in [4.69, 9.17) is 0 Å². The molecule has 3 nitrogen and oxygen atoms in total. The standard InChI is InChI=1S/C14H18BrN3S/c1-8(2)14-18-12(7-19-14)10(4)17-13-5-9(3)11(15)6-16-13/h5-8,10H,1-4H3,(H,16,17). The number of nitrogens with zero attached hydrogens (tertiary/aromatic N) is 2. The summed E-state index contributed by atoms with van der Waals surface area (Å²) in [7, 11) is 0. The van der Waals surface area contributed by atoms with Crippen LogP contribution in [0.25, 0.3) is 0 Å². The Labute approximate surface area is 126 Å². The molecule has 102 valence electrons. The number of anilines is 1. The summed E-state index contributed by atoms with van der Waals surface area (Å²) in [6.07, 6.45) is 1.82. The van der Waals surface area contributed by atoms with Gasteiger partial charge in [0.15, 0.2) is 0 Å². The zero-order valence-corrected chi connectivity index (χ0v) is 14.0. The smallest absolute Gasteiger partial charge is 0.126 e. The van der Waals surface area contributed by atoms with Gasteiger partial charge in [-0.15, -0.1) is 11.3 Å². The monoisotopic (exact) mass is 339 g/mol. The first-order chi connectivity index (χ1) is 8.97. The molecular weight excluding hydrogens is 322 g/mol. The van der Waals surface area contributed by atoms with Gasteiger partial charge in [0.05, 0.1) is 16.7 Å². The molecule has 19 heavy (non-hydrogen) atoms. The molecule has 0 aromatic carbocycles. The molecule has 0 bridgehead atoms. The Hall–Kier alpha value is -0.940. The van der Waals surface area contributed by atoms with Crippen LogP contribution in [-0.4, -0.2) is 9.97 Å². The average Bonchev–Trinajstić information content (AvgIpc) is 2.83. The molecule has 2 aromatic heterocycles. The van der Waals surface area contributed by atoms with E-state index < -0.39 is 0 Å². The van der Waals surface area contributed by atoms with E-state index in [0.717, 1.165) is 16.0 Å². The van der Waals surface area contributed by atoms with Crippen LogP contribution in [0.5, 0.6) is 0 Å². The van der Waals surface area contributed by atoms with Crippen LogP contribution in [0.1, 0.15) is 49.0 Å². The first kappa shape index (κ1) is 14.5. The summed E-state index contributed by atoms with van der Waals surface area (Å²) in [5.74, 6) is 1.37. The van der Waals surface area contributed by atoms with Gasteiger partial charge in [0.25, 0.3) is 0 Å². The molecule has 1 N–H and O–H groups in total. The molecule has 0 spiro atoms. The summed E-state index contributed by atoms with van der Waals surface area (Å²) >= 11 is 5.18. The quantitative estimate of drug-likeness (QED) is 0.860. The van der Waals surface area contributed by atoms with Crippen molar-refractivity contribution in [3.05, 3.63) is 38.4 Å². The van der Waals surface area contributed by atoms with Gasteiger partial charge in [-0.3, -0.25) is 0 Å². The number of pyridine rings is 1. The second-order valence-electron chi connectivity index (χ2n) is 4.95. The van der Waals surface area contributed by atoms with Crippen LogP contribution in [0, 0.1) is 6.92 Å². The maximum atomic E-state index is 4.66. The summed E-state index contributed by atoms with van der Waals surface area (Å²) < 4.78 is 1.03. The van der Waals surface area contributed by atoms with Crippen LogP contribution in [0.15, 0.2) is 22.1 Å². The molecule has 0 aliphatic rings. The first-order valence-corrected chi connectivity index (χ1v) is 7.98. The Morgan fingerprint density at radius 2 is 2.05 bits per heavy atom. The Morgan fingerprint density at radius 1 is 1.32 bits per heavy atom. The predicted octanol–water partition coefficient (Wildman–Crippen LogP) is 4.91. The molecule has 0 saturated carbocycles. The third kappa shape index (κ3) is 3.54. The molecule has 0 saturated heterocycles. The van der Waals surface area contributed by atoms with Crippen LogP contribution in [0.2, 0.25) is 0 Å². The molecule has 0 aliphatic heterocycles. The summed E-state index contributed by atoms with van der Waals surface area (Å²) in [5.41, 5.74) is 2.25. The van der Waals surface area contributed by atoms with E-state index in [1.807, 2.05) is 12.3 Å². The molecule has 1 unspecified atom stereocenters. The van der Waals surface area contributed by atoms with Crippen LogP contribution in [-0.2, 0) is 0 Å². The van der Waals surface area contributed by atoms with Gasteiger partial charge < -0.3 is 5.32 Å². The van der Waals surface area contributed by atoms with Gasteiger partial charge in [-0.1, -0.05) is 13.8 Å². The van der Waals surface area contributed by atoms with Crippen molar-refractivity contribution >= 4 is 33.1 Å². The van der Waals surface area contributed by atoms with E-state index in [1.165, 1.54) is 10.6 Å². The zero-order valence-electron chi connectivity index (χ0n) is 11.6. The molecule has 1 atom stereocenters. The van der Waals surface area contributed by atoms with Crippen molar-refractivity contribution in [1.82, 2.24) is 9.97 Å². The minimum Gasteiger partial charge on any atom is -0.362 e. The van der Waals surface area contributed by atoms with Crippen molar-refractivity contribution in [3.8, 4) is 0 Å². The molecular formula is C14H18BrN3S. The van der Waals surface area contributed by atoms with Crippen molar-refractivity contribution in [1.29, 1.82) is 0 Å². The number of aryl methyl sites for hydroxylation is 1. The summed E-state index contributed by atoms with van der Waals surface area (Å²) in [4.78, 5) is 9.03. The number of rotatable bonds is 4. The number of hydrogen-bond donors (Lipinski definition) is 1. The van der Waals surface area contributed by atoms with E-state index in [1.54, 1.807) is 11.3 Å². The molecule has 2 aromatic rings. The maximum absolute atomic E-state index is 4.66. The fourth-order valence-corrected chi connectivity index (χ4v) is 2.82. The van der Waals surface area contributed by atoms with Crippen molar-refractivity contribution < 1.29 is 0 Å². The minimum atomic E-state index is 0.164. The fraction of sp³-hybridized carbons (Fsp3) is 0.429. The second kappa shape index (κ2) is 6.01. The number of aromatic nitrogens is 2. The molecule has 0 aliphatic carbocycles. The Bertz CT molecular complexity index is 566. The highest BCUT2D eigenvalue weighted by Gasteiger charge is 2.12. The van der Waals surface area contributed by atoms with E-state index in [9.17, 15) is 0 Å². The molecule has 5 heteroatoms. The zero-order chi connectivity index (χ0) is 14.0. The average molecular weight is 340 g/mol. The van der Waals surface area contributed by atoms with Crippen molar-refractivity contribution in [3.63, 3.8) is 0 Å². The van der Waals surface area contributed by atoms with E-state index in [2.05, 4.69) is 64.3 Å². The van der Waals surface area contributed by atoms with Crippen LogP contribution in [0.4, 0.5) is 5.82 Å². The molecule has 0 amide bonds. The number of nitrogens with one attached hydrogen (secondary N) is 1. The number of thiazole rings is 1.